The van der Waals surface area contributed by atoms with Crippen molar-refractivity contribution in [3.05, 3.63) is 41.4 Å². The first-order chi connectivity index (χ1) is 6.72. The Kier molecular flexibility index (Phi) is 2.29. The summed E-state index contributed by atoms with van der Waals surface area (Å²) >= 11 is 1.42. The van der Waals surface area contributed by atoms with Crippen LogP contribution < -0.4 is 0 Å². The Labute approximate surface area is 84.4 Å². The fourth-order valence-electron chi connectivity index (χ4n) is 1.30. The summed E-state index contributed by atoms with van der Waals surface area (Å²) in [6, 6.07) is 4.11. The smallest absolute Gasteiger partial charge is 0.194 e. The average molecular weight is 210 g/mol. The van der Waals surface area contributed by atoms with Gasteiger partial charge in [0.05, 0.1) is 6.26 Å². The summed E-state index contributed by atoms with van der Waals surface area (Å²) in [4.78, 5) is 12.4. The van der Waals surface area contributed by atoms with E-state index in [1.807, 2.05) is 0 Å². The molecule has 72 valence electrons. The first-order valence-electron chi connectivity index (χ1n) is 4.02. The van der Waals surface area contributed by atoms with Crippen LogP contribution in [-0.4, -0.2) is 16.6 Å². The molecule has 1 aliphatic heterocycles. The van der Waals surface area contributed by atoms with Crippen LogP contribution in [0, 0.1) is 5.82 Å². The van der Waals surface area contributed by atoms with Gasteiger partial charge in [-0.15, -0.1) is 11.8 Å². The number of Topliss-reactive ketones (excluding diaryl/α,β-unsaturated/α-hetero) is 1. The van der Waals surface area contributed by atoms with Gasteiger partial charge in [0, 0.05) is 21.8 Å². The molecule has 2 nitrogen and oxygen atoms in total. The summed E-state index contributed by atoms with van der Waals surface area (Å²) in [5.41, 5.74) is 0.648. The fraction of sp³-hybridized carbons (Fsp3) is 0.100. The van der Waals surface area contributed by atoms with Crippen molar-refractivity contribution in [3.8, 4) is 0 Å². The fourth-order valence-corrected chi connectivity index (χ4v) is 2.28. The van der Waals surface area contributed by atoms with Crippen LogP contribution >= 0.6 is 11.8 Å². The zero-order valence-electron chi connectivity index (χ0n) is 7.16. The van der Waals surface area contributed by atoms with Crippen LogP contribution in [0.3, 0.4) is 0 Å². The maximum atomic E-state index is 12.9. The zero-order chi connectivity index (χ0) is 10.1. The highest BCUT2D eigenvalue weighted by atomic mass is 32.2. The van der Waals surface area contributed by atoms with Crippen LogP contribution in [-0.2, 0) is 0 Å². The first-order valence-corrected chi connectivity index (χ1v) is 5.01. The average Bonchev–Trinajstić information content (AvgIpc) is 2.20. The molecule has 0 saturated carbocycles. The third kappa shape index (κ3) is 1.42. The molecule has 2 rings (SSSR count). The Hall–Kier alpha value is -1.29. The minimum Gasteiger partial charge on any atom is -0.515 e. The van der Waals surface area contributed by atoms with Gasteiger partial charge in [0.15, 0.2) is 5.78 Å². The lowest BCUT2D eigenvalue weighted by Gasteiger charge is -2.15. The molecule has 4 heteroatoms. The lowest BCUT2D eigenvalue weighted by atomic mass is 10.0. The number of aliphatic hydroxyl groups excluding tert-OH is 1. The van der Waals surface area contributed by atoms with Gasteiger partial charge in [-0.2, -0.15) is 0 Å². The van der Waals surface area contributed by atoms with Crippen molar-refractivity contribution < 1.29 is 14.3 Å². The number of halogens is 1. The molecule has 0 atom stereocenters. The van der Waals surface area contributed by atoms with Gasteiger partial charge < -0.3 is 5.11 Å². The summed E-state index contributed by atoms with van der Waals surface area (Å²) in [5, 5.41) is 8.77. The molecule has 1 aromatic rings. The summed E-state index contributed by atoms with van der Waals surface area (Å²) < 4.78 is 12.9. The van der Waals surface area contributed by atoms with E-state index in [9.17, 15) is 9.18 Å². The third-order valence-electron chi connectivity index (χ3n) is 2.02. The molecular weight excluding hydrogens is 203 g/mol. The van der Waals surface area contributed by atoms with Crippen LogP contribution in [0.2, 0.25) is 0 Å². The van der Waals surface area contributed by atoms with Crippen LogP contribution in [0.5, 0.6) is 0 Å². The van der Waals surface area contributed by atoms with Gasteiger partial charge in [-0.3, -0.25) is 4.79 Å². The number of benzene rings is 1. The van der Waals surface area contributed by atoms with E-state index in [1.165, 1.54) is 23.9 Å². The van der Waals surface area contributed by atoms with Crippen molar-refractivity contribution in [2.24, 2.45) is 0 Å². The molecular formula is C10H7FO2S. The highest BCUT2D eigenvalue weighted by Gasteiger charge is 2.22. The molecule has 0 fully saturated rings. The molecule has 0 aliphatic carbocycles. The van der Waals surface area contributed by atoms with Gasteiger partial charge in [0.2, 0.25) is 0 Å². The predicted molar refractivity (Wildman–Crippen MR) is 52.2 cm³/mol. The molecule has 1 aromatic carbocycles. The van der Waals surface area contributed by atoms with E-state index >= 15 is 0 Å². The number of carbonyl (C=O) groups excluding carboxylic acids is 1. The largest absolute Gasteiger partial charge is 0.515 e. The molecule has 0 bridgehead atoms. The maximum Gasteiger partial charge on any atom is 0.194 e. The monoisotopic (exact) mass is 210 g/mol. The van der Waals surface area contributed by atoms with E-state index in [0.717, 1.165) is 11.2 Å². The second-order valence-electron chi connectivity index (χ2n) is 2.91. The summed E-state index contributed by atoms with van der Waals surface area (Å²) in [5.74, 6) is -0.286. The van der Waals surface area contributed by atoms with E-state index in [0.29, 0.717) is 16.9 Å². The van der Waals surface area contributed by atoms with Gasteiger partial charge >= 0.3 is 0 Å². The summed E-state index contributed by atoms with van der Waals surface area (Å²) in [7, 11) is 0. The van der Waals surface area contributed by atoms with E-state index < -0.39 is 5.82 Å². The molecule has 0 unspecified atom stereocenters. The number of carbonyl (C=O) groups is 1. The van der Waals surface area contributed by atoms with Gasteiger partial charge in [-0.1, -0.05) is 0 Å². The second kappa shape index (κ2) is 3.46. The number of rotatable bonds is 0. The van der Waals surface area contributed by atoms with Crippen molar-refractivity contribution in [3.63, 3.8) is 0 Å². The Bertz CT molecular complexity index is 426. The van der Waals surface area contributed by atoms with Gasteiger partial charge in [-0.25, -0.2) is 4.39 Å². The van der Waals surface area contributed by atoms with Crippen molar-refractivity contribution in [2.45, 2.75) is 4.90 Å². The summed E-state index contributed by atoms with van der Waals surface area (Å²) in [6.07, 6.45) is 0.795. The van der Waals surface area contributed by atoms with Crippen molar-refractivity contribution in [1.82, 2.24) is 0 Å². The quantitative estimate of drug-likeness (QED) is 0.528. The first kappa shape index (κ1) is 9.27. The minimum atomic E-state index is -0.433. The second-order valence-corrected chi connectivity index (χ2v) is 3.93. The molecule has 0 aromatic heterocycles. The Balaban J connectivity index is 2.54. The lowest BCUT2D eigenvalue weighted by Crippen LogP contribution is -2.12. The predicted octanol–water partition coefficient (Wildman–Crippen LogP) is 2.56. The molecule has 0 amide bonds. The zero-order valence-corrected chi connectivity index (χ0v) is 7.97. The van der Waals surface area contributed by atoms with Crippen LogP contribution in [0.25, 0.3) is 0 Å². The lowest BCUT2D eigenvalue weighted by molar-refractivity contribution is 0.102. The Morgan fingerprint density at radius 1 is 1.50 bits per heavy atom. The minimum absolute atomic E-state index is 0.291. The van der Waals surface area contributed by atoms with E-state index in [1.54, 1.807) is 6.07 Å². The molecule has 1 aliphatic rings. The van der Waals surface area contributed by atoms with Crippen molar-refractivity contribution >= 4 is 17.5 Å². The third-order valence-corrected chi connectivity index (χ3v) is 3.14. The Morgan fingerprint density at radius 2 is 2.29 bits per heavy atom. The number of hydrogen-bond donors (Lipinski definition) is 1. The normalized spacial score (nSPS) is 18.4. The van der Waals surface area contributed by atoms with E-state index in [-0.39, 0.29) is 5.78 Å². The summed E-state index contributed by atoms with van der Waals surface area (Å²) in [6.45, 7) is 0. The number of aliphatic hydroxyl groups is 1. The van der Waals surface area contributed by atoms with Gasteiger partial charge in [0.1, 0.15) is 5.82 Å². The number of thioether (sulfide) groups is 1. The maximum absolute atomic E-state index is 12.9. The Morgan fingerprint density at radius 3 is 3.00 bits per heavy atom. The highest BCUT2D eigenvalue weighted by molar-refractivity contribution is 7.99. The van der Waals surface area contributed by atoms with Gasteiger partial charge in [-0.05, 0) is 18.2 Å². The van der Waals surface area contributed by atoms with Crippen molar-refractivity contribution in [2.75, 3.05) is 5.75 Å². The van der Waals surface area contributed by atoms with E-state index in [2.05, 4.69) is 0 Å². The van der Waals surface area contributed by atoms with E-state index in [4.69, 9.17) is 5.11 Å². The molecule has 1 N–H and O–H groups in total. The molecule has 14 heavy (non-hydrogen) atoms. The molecule has 0 saturated heterocycles. The highest BCUT2D eigenvalue weighted by Crippen LogP contribution is 2.32. The molecule has 0 spiro atoms. The number of fused-ring (bicyclic) bond motifs is 1. The number of hydrogen-bond acceptors (Lipinski definition) is 3. The van der Waals surface area contributed by atoms with Crippen LogP contribution in [0.15, 0.2) is 34.9 Å². The molecule has 0 radical (unpaired) electrons. The standard InChI is InChI=1S/C10H7FO2S/c11-7-1-2-9-8(3-7)10(13)6(4-12)5-14-9/h1-4,12H,5H2/b6-4+. The van der Waals surface area contributed by atoms with Crippen molar-refractivity contribution in [1.29, 1.82) is 0 Å². The topological polar surface area (TPSA) is 37.3 Å². The molecule has 1 heterocycles. The van der Waals surface area contributed by atoms with Crippen LogP contribution in [0.1, 0.15) is 10.4 Å². The number of ketones is 1. The SMILES string of the molecule is O=C1/C(=C/O)CSc2ccc(F)cc21. The van der Waals surface area contributed by atoms with Crippen LogP contribution in [0.4, 0.5) is 4.39 Å². The van der Waals surface area contributed by atoms with Gasteiger partial charge in [0.25, 0.3) is 0 Å².